The molecule has 1 aromatic heterocycles. The second kappa shape index (κ2) is 4.78. The molecule has 0 spiro atoms. The second-order valence-corrected chi connectivity index (χ2v) is 4.16. The molecule has 0 aromatic carbocycles. The molecule has 1 amide bonds. The maximum absolute atomic E-state index is 11.6. The van der Waals surface area contributed by atoms with Crippen molar-refractivity contribution in [2.75, 3.05) is 13.2 Å². The number of aliphatic hydroxyl groups excluding tert-OH is 2. The Morgan fingerprint density at radius 2 is 2.20 bits per heavy atom. The highest BCUT2D eigenvalue weighted by Gasteiger charge is 2.26. The van der Waals surface area contributed by atoms with Crippen LogP contribution in [0.4, 0.5) is 0 Å². The van der Waals surface area contributed by atoms with Gasteiger partial charge in [-0.3, -0.25) is 4.79 Å². The molecule has 0 aliphatic heterocycles. The minimum Gasteiger partial charge on any atom is -0.457 e. The van der Waals surface area contributed by atoms with Crippen molar-refractivity contribution in [1.29, 1.82) is 0 Å². The average Bonchev–Trinajstić information content (AvgIpc) is 2.64. The number of halogens is 1. The molecule has 1 aromatic rings. The van der Waals surface area contributed by atoms with E-state index in [1.807, 2.05) is 0 Å². The van der Waals surface area contributed by atoms with E-state index in [-0.39, 0.29) is 13.2 Å². The monoisotopic (exact) mass is 277 g/mol. The number of carbonyl (C=O) groups excluding carboxylic acids is 1. The lowest BCUT2D eigenvalue weighted by Gasteiger charge is -2.25. The van der Waals surface area contributed by atoms with Crippen molar-refractivity contribution in [3.63, 3.8) is 0 Å². The summed E-state index contributed by atoms with van der Waals surface area (Å²) in [5.41, 5.74) is -0.712. The molecule has 1 rings (SSSR count). The van der Waals surface area contributed by atoms with Crippen LogP contribution in [-0.2, 0) is 0 Å². The minimum atomic E-state index is -1.03. The van der Waals surface area contributed by atoms with Gasteiger partial charge < -0.3 is 19.9 Å². The summed E-state index contributed by atoms with van der Waals surface area (Å²) in [7, 11) is 0. The molecule has 0 unspecified atom stereocenters. The Bertz CT molecular complexity index is 346. The average molecular weight is 278 g/mol. The van der Waals surface area contributed by atoms with Crippen molar-refractivity contribution in [2.45, 2.75) is 12.5 Å². The third-order valence-electron chi connectivity index (χ3n) is 1.98. The molecule has 0 saturated carbocycles. The molecule has 6 heteroatoms. The van der Waals surface area contributed by atoms with Crippen LogP contribution in [0.5, 0.6) is 0 Å². The van der Waals surface area contributed by atoms with E-state index < -0.39 is 11.4 Å². The van der Waals surface area contributed by atoms with Gasteiger partial charge in [0.1, 0.15) is 0 Å². The second-order valence-electron chi connectivity index (χ2n) is 3.44. The fourth-order valence-corrected chi connectivity index (χ4v) is 1.35. The summed E-state index contributed by atoms with van der Waals surface area (Å²) in [5, 5.41) is 20.5. The first-order valence-electron chi connectivity index (χ1n) is 4.29. The summed E-state index contributed by atoms with van der Waals surface area (Å²) in [6, 6.07) is 1.49. The van der Waals surface area contributed by atoms with E-state index in [0.29, 0.717) is 10.2 Å². The lowest BCUT2D eigenvalue weighted by atomic mass is 10.1. The van der Waals surface area contributed by atoms with E-state index in [2.05, 4.69) is 21.2 Å². The van der Waals surface area contributed by atoms with Crippen molar-refractivity contribution in [2.24, 2.45) is 0 Å². The molecular formula is C9H12BrNO4. The van der Waals surface area contributed by atoms with E-state index in [0.717, 1.165) is 0 Å². The SMILES string of the molecule is CC(CO)(CO)NC(=O)c1ccoc1Br. The molecule has 5 nitrogen and oxygen atoms in total. The van der Waals surface area contributed by atoms with Crippen LogP contribution in [0, 0.1) is 0 Å². The molecule has 0 aliphatic rings. The largest absolute Gasteiger partial charge is 0.457 e. The molecule has 0 saturated heterocycles. The zero-order chi connectivity index (χ0) is 11.5. The summed E-state index contributed by atoms with van der Waals surface area (Å²) in [5.74, 6) is -0.416. The molecule has 0 bridgehead atoms. The number of hydrogen-bond acceptors (Lipinski definition) is 4. The number of rotatable bonds is 4. The van der Waals surface area contributed by atoms with Crippen LogP contribution in [0.25, 0.3) is 0 Å². The van der Waals surface area contributed by atoms with Gasteiger partial charge in [-0.05, 0) is 28.9 Å². The van der Waals surface area contributed by atoms with Crippen LogP contribution in [0.1, 0.15) is 17.3 Å². The summed E-state index contributed by atoms with van der Waals surface area (Å²) in [6.07, 6.45) is 1.37. The summed E-state index contributed by atoms with van der Waals surface area (Å²) in [4.78, 5) is 11.6. The van der Waals surface area contributed by atoms with Crippen LogP contribution in [0.3, 0.4) is 0 Å². The lowest BCUT2D eigenvalue weighted by Crippen LogP contribution is -2.51. The zero-order valence-electron chi connectivity index (χ0n) is 8.16. The van der Waals surface area contributed by atoms with Crippen LogP contribution < -0.4 is 5.32 Å². The first kappa shape index (κ1) is 12.2. The third kappa shape index (κ3) is 2.80. The first-order chi connectivity index (χ1) is 7.02. The highest BCUT2D eigenvalue weighted by molar-refractivity contribution is 9.10. The van der Waals surface area contributed by atoms with Gasteiger partial charge in [-0.1, -0.05) is 0 Å². The van der Waals surface area contributed by atoms with Gasteiger partial charge in [0.15, 0.2) is 4.67 Å². The van der Waals surface area contributed by atoms with Gasteiger partial charge in [-0.25, -0.2) is 0 Å². The number of nitrogens with one attached hydrogen (secondary N) is 1. The third-order valence-corrected chi connectivity index (χ3v) is 2.59. The maximum Gasteiger partial charge on any atom is 0.256 e. The van der Waals surface area contributed by atoms with Crippen LogP contribution >= 0.6 is 15.9 Å². The van der Waals surface area contributed by atoms with E-state index in [4.69, 9.17) is 14.6 Å². The Hall–Kier alpha value is -0.850. The molecular weight excluding hydrogens is 266 g/mol. The van der Waals surface area contributed by atoms with Gasteiger partial charge in [0, 0.05) is 0 Å². The molecule has 0 aliphatic carbocycles. The van der Waals surface area contributed by atoms with E-state index in [1.54, 1.807) is 6.92 Å². The molecule has 84 valence electrons. The standard InChI is InChI=1S/C9H12BrNO4/c1-9(4-12,5-13)11-8(14)6-2-3-15-7(6)10/h2-3,12-13H,4-5H2,1H3,(H,11,14). The van der Waals surface area contributed by atoms with Gasteiger partial charge >= 0.3 is 0 Å². The van der Waals surface area contributed by atoms with Crippen LogP contribution in [-0.4, -0.2) is 34.9 Å². The predicted molar refractivity (Wildman–Crippen MR) is 56.5 cm³/mol. The highest BCUT2D eigenvalue weighted by atomic mass is 79.9. The van der Waals surface area contributed by atoms with Crippen molar-refractivity contribution in [1.82, 2.24) is 5.32 Å². The summed E-state index contributed by atoms with van der Waals surface area (Å²) >= 11 is 3.07. The van der Waals surface area contributed by atoms with Gasteiger partial charge in [0.25, 0.3) is 5.91 Å². The number of aliphatic hydroxyl groups is 2. The van der Waals surface area contributed by atoms with Crippen LogP contribution in [0.15, 0.2) is 21.4 Å². The van der Waals surface area contributed by atoms with Gasteiger partial charge in [0.2, 0.25) is 0 Å². The smallest absolute Gasteiger partial charge is 0.256 e. The van der Waals surface area contributed by atoms with Gasteiger partial charge in [-0.2, -0.15) is 0 Å². The van der Waals surface area contributed by atoms with Crippen molar-refractivity contribution < 1.29 is 19.4 Å². The Morgan fingerprint density at radius 1 is 1.60 bits per heavy atom. The Morgan fingerprint density at radius 3 is 2.60 bits per heavy atom. The summed E-state index contributed by atoms with van der Waals surface area (Å²) < 4.78 is 5.22. The van der Waals surface area contributed by atoms with Gasteiger partial charge in [0.05, 0.1) is 30.6 Å². The highest BCUT2D eigenvalue weighted by Crippen LogP contribution is 2.18. The Balaban J connectivity index is 2.76. The fourth-order valence-electron chi connectivity index (χ4n) is 0.926. The first-order valence-corrected chi connectivity index (χ1v) is 5.09. The quantitative estimate of drug-likeness (QED) is 0.749. The van der Waals surface area contributed by atoms with Crippen molar-refractivity contribution in [3.8, 4) is 0 Å². The van der Waals surface area contributed by atoms with Crippen molar-refractivity contribution in [3.05, 3.63) is 22.6 Å². The molecule has 1 heterocycles. The Labute approximate surface area is 95.2 Å². The number of hydrogen-bond donors (Lipinski definition) is 3. The molecule has 15 heavy (non-hydrogen) atoms. The molecule has 0 fully saturated rings. The molecule has 0 atom stereocenters. The molecule has 3 N–H and O–H groups in total. The van der Waals surface area contributed by atoms with Crippen LogP contribution in [0.2, 0.25) is 0 Å². The predicted octanol–water partition coefficient (Wildman–Crippen LogP) is 0.515. The lowest BCUT2D eigenvalue weighted by molar-refractivity contribution is 0.0722. The van der Waals surface area contributed by atoms with E-state index in [9.17, 15) is 4.79 Å². The maximum atomic E-state index is 11.6. The normalized spacial score (nSPS) is 11.5. The van der Waals surface area contributed by atoms with Gasteiger partial charge in [-0.15, -0.1) is 0 Å². The van der Waals surface area contributed by atoms with Crippen molar-refractivity contribution >= 4 is 21.8 Å². The van der Waals surface area contributed by atoms with E-state index >= 15 is 0 Å². The Kier molecular flexibility index (Phi) is 3.90. The van der Waals surface area contributed by atoms with E-state index in [1.165, 1.54) is 12.3 Å². The fraction of sp³-hybridized carbons (Fsp3) is 0.444. The number of furan rings is 1. The molecule has 0 radical (unpaired) electrons. The summed E-state index contributed by atoms with van der Waals surface area (Å²) in [6.45, 7) is 0.855. The minimum absolute atomic E-state index is 0.318. The zero-order valence-corrected chi connectivity index (χ0v) is 9.74. The number of amides is 1. The topological polar surface area (TPSA) is 82.7 Å². The number of carbonyl (C=O) groups is 1.